The zero-order chi connectivity index (χ0) is 11.1. The lowest BCUT2D eigenvalue weighted by Crippen LogP contribution is -2.26. The number of benzene rings is 1. The zero-order valence-corrected chi connectivity index (χ0v) is 11.2. The molecule has 1 amide bonds. The summed E-state index contributed by atoms with van der Waals surface area (Å²) in [6, 6.07) is 7.39. The lowest BCUT2D eigenvalue weighted by molar-refractivity contribution is -0.120. The third kappa shape index (κ3) is 5.37. The minimum Gasteiger partial charge on any atom is -0.356 e. The van der Waals surface area contributed by atoms with Gasteiger partial charge in [0.2, 0.25) is 5.91 Å². The Hall–Kier alpha value is -0.290. The molecule has 0 saturated heterocycles. The van der Waals surface area contributed by atoms with Gasteiger partial charge < -0.3 is 5.32 Å². The number of hydrogen-bond donors (Lipinski definition) is 1. The van der Waals surface area contributed by atoms with Crippen LogP contribution < -0.4 is 5.32 Å². The smallest absolute Gasteiger partial charge is 0.224 e. The molecule has 1 N–H and O–H groups in total. The third-order valence-corrected chi connectivity index (χ3v) is 2.88. The molecular weight excluding hydrogens is 324 g/mol. The second kappa shape index (κ2) is 7.06. The van der Waals surface area contributed by atoms with Crippen LogP contribution in [-0.2, 0) is 11.2 Å². The van der Waals surface area contributed by atoms with Gasteiger partial charge in [-0.3, -0.25) is 4.79 Å². The van der Waals surface area contributed by atoms with Crippen LogP contribution in [0.3, 0.4) is 0 Å². The molecule has 0 aromatic heterocycles. The van der Waals surface area contributed by atoms with Gasteiger partial charge in [-0.1, -0.05) is 46.3 Å². The summed E-state index contributed by atoms with van der Waals surface area (Å²) in [7, 11) is 0. The van der Waals surface area contributed by atoms with Crippen LogP contribution in [0, 0.1) is 0 Å². The first-order chi connectivity index (χ1) is 7.22. The number of rotatable bonds is 5. The molecule has 0 atom stereocenters. The number of carbonyl (C=O) groups excluding carboxylic acids is 1. The molecule has 0 spiro atoms. The van der Waals surface area contributed by atoms with E-state index in [-0.39, 0.29) is 5.91 Å². The monoisotopic (exact) mass is 337 g/mol. The first-order valence-corrected chi connectivity index (χ1v) is 6.70. The predicted molar refractivity (Wildman–Crippen MR) is 71.7 cm³/mol. The van der Waals surface area contributed by atoms with Gasteiger partial charge in [-0.15, -0.1) is 0 Å². The van der Waals surface area contributed by atoms with Crippen LogP contribution in [0.1, 0.15) is 12.0 Å². The number of hydrogen-bond acceptors (Lipinski definition) is 1. The molecule has 4 heteroatoms. The van der Waals surface area contributed by atoms with Crippen molar-refractivity contribution >= 4 is 40.1 Å². The highest BCUT2D eigenvalue weighted by Gasteiger charge is 2.02. The van der Waals surface area contributed by atoms with E-state index in [9.17, 15) is 4.79 Å². The van der Waals surface area contributed by atoms with Crippen molar-refractivity contribution in [1.29, 1.82) is 0 Å². The Labute approximate surface area is 109 Å². The van der Waals surface area contributed by atoms with Crippen molar-refractivity contribution in [3.63, 3.8) is 0 Å². The molecule has 2 nitrogen and oxygen atoms in total. The van der Waals surface area contributed by atoms with E-state index in [1.54, 1.807) is 6.07 Å². The third-order valence-electron chi connectivity index (χ3n) is 1.89. The molecule has 1 aromatic carbocycles. The SMILES string of the molecule is O=C(Cc1cccc(Cl)c1)NCCCI. The number of nitrogens with one attached hydrogen (secondary N) is 1. The van der Waals surface area contributed by atoms with Gasteiger partial charge in [0, 0.05) is 16.0 Å². The molecular formula is C11H13ClINO. The van der Waals surface area contributed by atoms with Gasteiger partial charge in [0.1, 0.15) is 0 Å². The van der Waals surface area contributed by atoms with Gasteiger partial charge >= 0.3 is 0 Å². The second-order valence-corrected chi connectivity index (χ2v) is 4.71. The lowest BCUT2D eigenvalue weighted by atomic mass is 10.1. The van der Waals surface area contributed by atoms with E-state index in [2.05, 4.69) is 27.9 Å². The fourth-order valence-corrected chi connectivity index (χ4v) is 1.78. The highest BCUT2D eigenvalue weighted by Crippen LogP contribution is 2.10. The van der Waals surface area contributed by atoms with E-state index >= 15 is 0 Å². The van der Waals surface area contributed by atoms with Crippen LogP contribution in [0.4, 0.5) is 0 Å². The van der Waals surface area contributed by atoms with E-state index in [1.807, 2.05) is 18.2 Å². The summed E-state index contributed by atoms with van der Waals surface area (Å²) in [5.41, 5.74) is 0.953. The first kappa shape index (κ1) is 12.8. The molecule has 0 heterocycles. The summed E-state index contributed by atoms with van der Waals surface area (Å²) < 4.78 is 1.06. The average molecular weight is 338 g/mol. The Morgan fingerprint density at radius 1 is 1.47 bits per heavy atom. The lowest BCUT2D eigenvalue weighted by Gasteiger charge is -2.04. The van der Waals surface area contributed by atoms with Crippen molar-refractivity contribution < 1.29 is 4.79 Å². The van der Waals surface area contributed by atoms with Crippen LogP contribution >= 0.6 is 34.2 Å². The van der Waals surface area contributed by atoms with Crippen LogP contribution in [0.15, 0.2) is 24.3 Å². The number of alkyl halides is 1. The average Bonchev–Trinajstić information content (AvgIpc) is 2.18. The molecule has 0 aliphatic rings. The van der Waals surface area contributed by atoms with Crippen molar-refractivity contribution in [2.24, 2.45) is 0 Å². The van der Waals surface area contributed by atoms with E-state index in [1.165, 1.54) is 0 Å². The van der Waals surface area contributed by atoms with Gasteiger partial charge in [0.25, 0.3) is 0 Å². The van der Waals surface area contributed by atoms with Crippen molar-refractivity contribution in [3.8, 4) is 0 Å². The Bertz CT molecular complexity index is 330. The van der Waals surface area contributed by atoms with Gasteiger partial charge in [-0.25, -0.2) is 0 Å². The van der Waals surface area contributed by atoms with E-state index in [0.717, 1.165) is 23.0 Å². The van der Waals surface area contributed by atoms with Crippen LogP contribution in [-0.4, -0.2) is 16.9 Å². The maximum Gasteiger partial charge on any atom is 0.224 e. The molecule has 0 saturated carbocycles. The summed E-state index contributed by atoms with van der Waals surface area (Å²) >= 11 is 8.12. The summed E-state index contributed by atoms with van der Waals surface area (Å²) in [5, 5.41) is 3.54. The Morgan fingerprint density at radius 2 is 2.27 bits per heavy atom. The summed E-state index contributed by atoms with van der Waals surface area (Å²) in [5.74, 6) is 0.0575. The van der Waals surface area contributed by atoms with Gasteiger partial charge in [0.15, 0.2) is 0 Å². The highest BCUT2D eigenvalue weighted by atomic mass is 127. The molecule has 1 aromatic rings. The van der Waals surface area contributed by atoms with Crippen LogP contribution in [0.5, 0.6) is 0 Å². The Balaban J connectivity index is 2.37. The van der Waals surface area contributed by atoms with Gasteiger partial charge in [-0.2, -0.15) is 0 Å². The number of amides is 1. The van der Waals surface area contributed by atoms with Gasteiger partial charge in [-0.05, 0) is 24.1 Å². The molecule has 0 fully saturated rings. The van der Waals surface area contributed by atoms with Crippen LogP contribution in [0.2, 0.25) is 5.02 Å². The van der Waals surface area contributed by atoms with Gasteiger partial charge in [0.05, 0.1) is 6.42 Å². The Kier molecular flexibility index (Phi) is 6.02. The molecule has 0 radical (unpaired) electrons. The van der Waals surface area contributed by atoms with E-state index < -0.39 is 0 Å². The molecule has 82 valence electrons. The molecule has 15 heavy (non-hydrogen) atoms. The topological polar surface area (TPSA) is 29.1 Å². The standard InChI is InChI=1S/C11H13ClINO/c12-10-4-1-3-9(7-10)8-11(15)14-6-2-5-13/h1,3-4,7H,2,5-6,8H2,(H,14,15). The fraction of sp³-hybridized carbons (Fsp3) is 0.364. The highest BCUT2D eigenvalue weighted by molar-refractivity contribution is 14.1. The van der Waals surface area contributed by atoms with E-state index in [0.29, 0.717) is 11.4 Å². The van der Waals surface area contributed by atoms with Crippen LogP contribution in [0.25, 0.3) is 0 Å². The Morgan fingerprint density at radius 3 is 2.93 bits per heavy atom. The molecule has 0 aliphatic carbocycles. The molecule has 1 rings (SSSR count). The van der Waals surface area contributed by atoms with Crippen molar-refractivity contribution in [2.45, 2.75) is 12.8 Å². The predicted octanol–water partition coefficient (Wildman–Crippen LogP) is 2.82. The summed E-state index contributed by atoms with van der Waals surface area (Å²) in [6.07, 6.45) is 1.42. The number of carbonyl (C=O) groups is 1. The number of halogens is 2. The maximum absolute atomic E-state index is 11.4. The first-order valence-electron chi connectivity index (χ1n) is 4.79. The normalized spacial score (nSPS) is 10.0. The summed E-state index contributed by atoms with van der Waals surface area (Å²) in [6.45, 7) is 0.752. The molecule has 0 bridgehead atoms. The molecule has 0 unspecified atom stereocenters. The largest absolute Gasteiger partial charge is 0.356 e. The van der Waals surface area contributed by atoms with Crippen molar-refractivity contribution in [2.75, 3.05) is 11.0 Å². The minimum absolute atomic E-state index is 0.0575. The second-order valence-electron chi connectivity index (χ2n) is 3.20. The minimum atomic E-state index is 0.0575. The van der Waals surface area contributed by atoms with E-state index in [4.69, 9.17) is 11.6 Å². The fourth-order valence-electron chi connectivity index (χ4n) is 1.19. The maximum atomic E-state index is 11.4. The zero-order valence-electron chi connectivity index (χ0n) is 8.30. The molecule has 0 aliphatic heterocycles. The van der Waals surface area contributed by atoms with Crippen molar-refractivity contribution in [3.05, 3.63) is 34.9 Å². The quantitative estimate of drug-likeness (QED) is 0.500. The van der Waals surface area contributed by atoms with Crippen molar-refractivity contribution in [1.82, 2.24) is 5.32 Å². The summed E-state index contributed by atoms with van der Waals surface area (Å²) in [4.78, 5) is 11.4.